The highest BCUT2D eigenvalue weighted by molar-refractivity contribution is 5.99. The molecule has 1 aromatic rings. The highest BCUT2D eigenvalue weighted by Crippen LogP contribution is 2.31. The molecule has 0 aromatic heterocycles. The predicted octanol–water partition coefficient (Wildman–Crippen LogP) is 1.21. The zero-order valence-corrected chi connectivity index (χ0v) is 9.54. The number of carbonyl (C=O) groups is 1. The topological polar surface area (TPSA) is 59.6 Å². The van der Waals surface area contributed by atoms with Gasteiger partial charge in [0.05, 0.1) is 25.0 Å². The lowest BCUT2D eigenvalue weighted by molar-refractivity contribution is -0.124. The molecule has 1 atom stereocenters. The molecule has 5 nitrogen and oxygen atoms in total. The highest BCUT2D eigenvalue weighted by Gasteiger charge is 2.24. The molecule has 0 fully saturated rings. The van der Waals surface area contributed by atoms with Crippen molar-refractivity contribution >= 4 is 17.3 Å². The summed E-state index contributed by atoms with van der Waals surface area (Å²) in [6, 6.07) is 2.72. The molecule has 1 heterocycles. The molecule has 1 aliphatic heterocycles. The van der Waals surface area contributed by atoms with E-state index in [2.05, 4.69) is 10.6 Å². The largest absolute Gasteiger partial charge is 0.494 e. The quantitative estimate of drug-likeness (QED) is 0.815. The summed E-state index contributed by atoms with van der Waals surface area (Å²) in [6.45, 7) is 0.324. The van der Waals surface area contributed by atoms with Crippen molar-refractivity contribution in [1.82, 2.24) is 0 Å². The molecule has 2 N–H and O–H groups in total. The van der Waals surface area contributed by atoms with Crippen molar-refractivity contribution in [3.05, 3.63) is 17.9 Å². The molecule has 17 heavy (non-hydrogen) atoms. The molecule has 1 amide bonds. The number of ether oxygens (including phenoxy) is 2. The van der Waals surface area contributed by atoms with Gasteiger partial charge in [-0.15, -0.1) is 0 Å². The zero-order chi connectivity index (χ0) is 12.4. The van der Waals surface area contributed by atoms with Crippen LogP contribution < -0.4 is 15.4 Å². The number of nitrogens with one attached hydrogen (secondary N) is 2. The molecule has 0 spiro atoms. The van der Waals surface area contributed by atoms with Gasteiger partial charge in [-0.3, -0.25) is 4.79 Å². The van der Waals surface area contributed by atoms with E-state index in [4.69, 9.17) is 9.47 Å². The molecule has 0 bridgehead atoms. The van der Waals surface area contributed by atoms with Crippen LogP contribution in [-0.4, -0.2) is 32.8 Å². The Bertz CT molecular complexity index is 451. The molecule has 2 rings (SSSR count). The second kappa shape index (κ2) is 4.58. The van der Waals surface area contributed by atoms with E-state index >= 15 is 0 Å². The van der Waals surface area contributed by atoms with Gasteiger partial charge in [-0.05, 0) is 0 Å². The Morgan fingerprint density at radius 1 is 1.35 bits per heavy atom. The van der Waals surface area contributed by atoms with Crippen molar-refractivity contribution in [3.8, 4) is 5.75 Å². The molecule has 1 unspecified atom stereocenters. The van der Waals surface area contributed by atoms with Gasteiger partial charge < -0.3 is 20.1 Å². The van der Waals surface area contributed by atoms with Gasteiger partial charge in [0.1, 0.15) is 0 Å². The first kappa shape index (κ1) is 11.7. The number of halogens is 1. The summed E-state index contributed by atoms with van der Waals surface area (Å²) in [5.74, 6) is -0.700. The fraction of sp³-hybridized carbons (Fsp3) is 0.364. The maximum atomic E-state index is 13.5. The predicted molar refractivity (Wildman–Crippen MR) is 60.9 cm³/mol. The van der Waals surface area contributed by atoms with Crippen LogP contribution in [0.15, 0.2) is 12.1 Å². The first-order chi connectivity index (χ1) is 8.15. The molecule has 0 aliphatic carbocycles. The van der Waals surface area contributed by atoms with Crippen LogP contribution >= 0.6 is 0 Å². The average molecular weight is 240 g/mol. The maximum absolute atomic E-state index is 13.5. The minimum Gasteiger partial charge on any atom is -0.494 e. The van der Waals surface area contributed by atoms with Crippen molar-refractivity contribution < 1.29 is 18.7 Å². The second-order valence-electron chi connectivity index (χ2n) is 3.63. The van der Waals surface area contributed by atoms with Crippen molar-refractivity contribution in [2.75, 3.05) is 31.4 Å². The van der Waals surface area contributed by atoms with E-state index in [1.54, 1.807) is 0 Å². The lowest BCUT2D eigenvalue weighted by atomic mass is 10.2. The van der Waals surface area contributed by atoms with Crippen molar-refractivity contribution in [2.45, 2.75) is 6.10 Å². The van der Waals surface area contributed by atoms with Crippen LogP contribution in [-0.2, 0) is 9.53 Å². The number of hydrogen-bond acceptors (Lipinski definition) is 4. The second-order valence-corrected chi connectivity index (χ2v) is 3.63. The summed E-state index contributed by atoms with van der Waals surface area (Å²) in [7, 11) is 2.83. The Labute approximate surface area is 97.9 Å². The Morgan fingerprint density at radius 3 is 2.76 bits per heavy atom. The summed E-state index contributed by atoms with van der Waals surface area (Å²) in [4.78, 5) is 11.6. The summed E-state index contributed by atoms with van der Waals surface area (Å²) < 4.78 is 23.4. The standard InChI is InChI=1S/C11H13FN2O3/c1-16-9-4-7-8(3-6(9)12)14-11(15)10(17-2)5-13-7/h3-4,10,13H,5H2,1-2H3,(H,14,15). The van der Waals surface area contributed by atoms with Gasteiger partial charge in [0.15, 0.2) is 17.7 Å². The first-order valence-electron chi connectivity index (χ1n) is 5.10. The van der Waals surface area contributed by atoms with Crippen molar-refractivity contribution in [3.63, 3.8) is 0 Å². The molecule has 0 radical (unpaired) electrons. The Kier molecular flexibility index (Phi) is 3.14. The van der Waals surface area contributed by atoms with Crippen LogP contribution in [0.3, 0.4) is 0 Å². The molecular formula is C11H13FN2O3. The van der Waals surface area contributed by atoms with Crippen LogP contribution in [0.5, 0.6) is 5.75 Å². The molecule has 92 valence electrons. The summed E-state index contributed by atoms with van der Waals surface area (Å²) in [5.41, 5.74) is 0.990. The molecular weight excluding hydrogens is 227 g/mol. The summed E-state index contributed by atoms with van der Waals surface area (Å²) >= 11 is 0. The Balaban J connectivity index is 2.36. The third-order valence-electron chi connectivity index (χ3n) is 2.60. The van der Waals surface area contributed by atoms with Crippen LogP contribution in [0.1, 0.15) is 0 Å². The van der Waals surface area contributed by atoms with Gasteiger partial charge in [0.25, 0.3) is 5.91 Å². The summed E-state index contributed by atoms with van der Waals surface area (Å²) in [5, 5.41) is 5.60. The molecule has 1 aromatic carbocycles. The van der Waals surface area contributed by atoms with Gasteiger partial charge in [-0.2, -0.15) is 0 Å². The van der Waals surface area contributed by atoms with E-state index in [-0.39, 0.29) is 11.7 Å². The Hall–Kier alpha value is -1.82. The van der Waals surface area contributed by atoms with Crippen LogP contribution in [0, 0.1) is 5.82 Å². The average Bonchev–Trinajstić information content (AvgIpc) is 2.46. The fourth-order valence-corrected chi connectivity index (χ4v) is 1.66. The number of anilines is 2. The number of rotatable bonds is 2. The first-order valence-corrected chi connectivity index (χ1v) is 5.10. The third-order valence-corrected chi connectivity index (χ3v) is 2.60. The van der Waals surface area contributed by atoms with E-state index < -0.39 is 11.9 Å². The Morgan fingerprint density at radius 2 is 2.12 bits per heavy atom. The van der Waals surface area contributed by atoms with Crippen LogP contribution in [0.25, 0.3) is 0 Å². The SMILES string of the molecule is COc1cc2c(cc1F)NC(=O)C(OC)CN2. The lowest BCUT2D eigenvalue weighted by Crippen LogP contribution is -2.32. The van der Waals surface area contributed by atoms with E-state index in [1.165, 1.54) is 26.4 Å². The summed E-state index contributed by atoms with van der Waals surface area (Å²) in [6.07, 6.45) is -0.601. The number of fused-ring (bicyclic) bond motifs is 1. The van der Waals surface area contributed by atoms with Gasteiger partial charge in [0.2, 0.25) is 0 Å². The van der Waals surface area contributed by atoms with Crippen molar-refractivity contribution in [2.24, 2.45) is 0 Å². The molecule has 1 aliphatic rings. The minimum absolute atomic E-state index is 0.126. The number of methoxy groups -OCH3 is 2. The minimum atomic E-state index is -0.601. The van der Waals surface area contributed by atoms with E-state index in [9.17, 15) is 9.18 Å². The van der Waals surface area contributed by atoms with Gasteiger partial charge in [-0.25, -0.2) is 4.39 Å². The van der Waals surface area contributed by atoms with Crippen LogP contribution in [0.4, 0.5) is 15.8 Å². The third kappa shape index (κ3) is 2.16. The van der Waals surface area contributed by atoms with Gasteiger partial charge >= 0.3 is 0 Å². The molecule has 6 heteroatoms. The molecule has 0 saturated carbocycles. The van der Waals surface area contributed by atoms with E-state index in [0.29, 0.717) is 17.9 Å². The normalized spacial score (nSPS) is 18.8. The molecule has 0 saturated heterocycles. The monoisotopic (exact) mass is 240 g/mol. The van der Waals surface area contributed by atoms with Gasteiger partial charge in [-0.1, -0.05) is 0 Å². The number of hydrogen-bond donors (Lipinski definition) is 2. The number of benzene rings is 1. The van der Waals surface area contributed by atoms with E-state index in [1.807, 2.05) is 0 Å². The fourth-order valence-electron chi connectivity index (χ4n) is 1.66. The van der Waals surface area contributed by atoms with Gasteiger partial charge in [0, 0.05) is 19.2 Å². The van der Waals surface area contributed by atoms with Crippen molar-refractivity contribution in [1.29, 1.82) is 0 Å². The number of amides is 1. The lowest BCUT2D eigenvalue weighted by Gasteiger charge is -2.10. The van der Waals surface area contributed by atoms with E-state index in [0.717, 1.165) is 0 Å². The highest BCUT2D eigenvalue weighted by atomic mass is 19.1. The zero-order valence-electron chi connectivity index (χ0n) is 9.54. The smallest absolute Gasteiger partial charge is 0.255 e. The number of carbonyl (C=O) groups excluding carboxylic acids is 1. The van der Waals surface area contributed by atoms with Crippen LogP contribution in [0.2, 0.25) is 0 Å². The maximum Gasteiger partial charge on any atom is 0.255 e.